The Balaban J connectivity index is 2.33. The third-order valence-corrected chi connectivity index (χ3v) is 7.05. The van der Waals surface area contributed by atoms with Crippen LogP contribution in [0.3, 0.4) is 0 Å². The minimum atomic E-state index is -3.91. The zero-order valence-corrected chi connectivity index (χ0v) is 12.8. The fourth-order valence-electron chi connectivity index (χ4n) is 2.44. The van der Waals surface area contributed by atoms with Crippen LogP contribution in [0.1, 0.15) is 19.8 Å². The molecule has 2 atom stereocenters. The largest absolute Gasteiger partial charge is 0.481 e. The fourth-order valence-corrected chi connectivity index (χ4v) is 5.39. The van der Waals surface area contributed by atoms with E-state index in [1.807, 2.05) is 0 Å². The molecule has 1 aliphatic heterocycles. The molecule has 0 radical (unpaired) electrons. The molecule has 0 spiro atoms. The highest BCUT2D eigenvalue weighted by atomic mass is 32.2. The molecule has 2 rings (SSSR count). The van der Waals surface area contributed by atoms with Gasteiger partial charge < -0.3 is 5.11 Å². The Morgan fingerprint density at radius 3 is 2.71 bits per heavy atom. The van der Waals surface area contributed by atoms with Crippen molar-refractivity contribution >= 4 is 32.3 Å². The van der Waals surface area contributed by atoms with E-state index in [0.717, 1.165) is 10.4 Å². The number of carboxylic acid groups (broad SMARTS) is 1. The molecule has 0 aromatic carbocycles. The number of carboxylic acids is 1. The Morgan fingerprint density at radius 1 is 1.52 bits per heavy atom. The number of sulfonamides is 1. The number of aliphatic carboxylic acids is 1. The summed E-state index contributed by atoms with van der Waals surface area (Å²) in [5, 5.41) is 19.5. The molecule has 1 aromatic rings. The molecule has 0 aliphatic carbocycles. The van der Waals surface area contributed by atoms with E-state index < -0.39 is 32.9 Å². The third-order valence-electron chi connectivity index (χ3n) is 3.56. The smallest absolute Gasteiger partial charge is 0.325 e. The summed E-state index contributed by atoms with van der Waals surface area (Å²) in [6.07, 6.45) is 0.876. The Labute approximate surface area is 125 Å². The van der Waals surface area contributed by atoms with Crippen LogP contribution in [0.5, 0.6) is 0 Å². The van der Waals surface area contributed by atoms with Crippen molar-refractivity contribution in [2.45, 2.75) is 30.0 Å². The molecule has 2 heterocycles. The minimum Gasteiger partial charge on any atom is -0.481 e. The second kappa shape index (κ2) is 5.70. The molecular formula is C11H14N2O6S2. The first-order valence-corrected chi connectivity index (χ1v) is 8.49. The van der Waals surface area contributed by atoms with Crippen LogP contribution in [0.4, 0.5) is 5.00 Å². The molecule has 0 saturated carbocycles. The summed E-state index contributed by atoms with van der Waals surface area (Å²) in [6.45, 7) is 1.77. The average Bonchev–Trinajstić information content (AvgIpc) is 2.88. The van der Waals surface area contributed by atoms with Crippen molar-refractivity contribution in [1.29, 1.82) is 0 Å². The first-order chi connectivity index (χ1) is 9.75. The number of hydrogen-bond acceptors (Lipinski definition) is 6. The van der Waals surface area contributed by atoms with Crippen molar-refractivity contribution in [2.24, 2.45) is 5.92 Å². The Hall–Kier alpha value is -1.52. The molecule has 1 N–H and O–H groups in total. The van der Waals surface area contributed by atoms with Crippen molar-refractivity contribution < 1.29 is 23.2 Å². The van der Waals surface area contributed by atoms with Crippen molar-refractivity contribution in [1.82, 2.24) is 4.31 Å². The normalized spacial score (nSPS) is 23.9. The lowest BCUT2D eigenvalue weighted by Gasteiger charge is -2.35. The number of thiophene rings is 1. The predicted octanol–water partition coefficient (Wildman–Crippen LogP) is 1.53. The van der Waals surface area contributed by atoms with Crippen LogP contribution in [0.25, 0.3) is 0 Å². The molecule has 0 bridgehead atoms. The first-order valence-electron chi connectivity index (χ1n) is 6.24. The molecule has 21 heavy (non-hydrogen) atoms. The van der Waals surface area contributed by atoms with Gasteiger partial charge in [-0.3, -0.25) is 14.9 Å². The molecule has 1 aromatic heterocycles. The van der Waals surface area contributed by atoms with Gasteiger partial charge >= 0.3 is 11.0 Å². The summed E-state index contributed by atoms with van der Waals surface area (Å²) in [5.41, 5.74) is 0. The van der Waals surface area contributed by atoms with Gasteiger partial charge in [0.05, 0.1) is 10.8 Å². The van der Waals surface area contributed by atoms with E-state index in [1.165, 1.54) is 6.07 Å². The lowest BCUT2D eigenvalue weighted by Crippen LogP contribution is -2.48. The van der Waals surface area contributed by atoms with Gasteiger partial charge in [0.25, 0.3) is 10.0 Å². The van der Waals surface area contributed by atoms with Crippen LogP contribution in [0.15, 0.2) is 16.3 Å². The average molecular weight is 334 g/mol. The lowest BCUT2D eigenvalue weighted by atomic mass is 9.92. The van der Waals surface area contributed by atoms with E-state index in [4.69, 9.17) is 5.11 Å². The van der Waals surface area contributed by atoms with Gasteiger partial charge in [0, 0.05) is 18.7 Å². The topological polar surface area (TPSA) is 118 Å². The van der Waals surface area contributed by atoms with Crippen LogP contribution in [-0.2, 0) is 14.8 Å². The van der Waals surface area contributed by atoms with Gasteiger partial charge in [0.15, 0.2) is 0 Å². The molecule has 10 heteroatoms. The maximum atomic E-state index is 12.5. The summed E-state index contributed by atoms with van der Waals surface area (Å²) >= 11 is 0.577. The van der Waals surface area contributed by atoms with E-state index in [1.54, 1.807) is 6.92 Å². The SMILES string of the molecule is C[C@@H]1[C@H](C(=O)O)CCCN1S(=O)(=O)c1ccc([N+](=O)[O-])s1. The summed E-state index contributed by atoms with van der Waals surface area (Å²) in [4.78, 5) is 21.2. The highest BCUT2D eigenvalue weighted by Crippen LogP contribution is 2.34. The molecule has 0 unspecified atom stereocenters. The number of nitro groups is 1. The molecule has 1 aliphatic rings. The van der Waals surface area contributed by atoms with Crippen molar-refractivity contribution in [3.05, 3.63) is 22.2 Å². The molecule has 1 saturated heterocycles. The van der Waals surface area contributed by atoms with Crippen LogP contribution >= 0.6 is 11.3 Å². The van der Waals surface area contributed by atoms with Gasteiger partial charge in [-0.15, -0.1) is 0 Å². The summed E-state index contributed by atoms with van der Waals surface area (Å²) in [5.74, 6) is -1.79. The van der Waals surface area contributed by atoms with E-state index in [0.29, 0.717) is 24.2 Å². The van der Waals surface area contributed by atoms with Gasteiger partial charge in [-0.05, 0) is 37.2 Å². The molecular weight excluding hydrogens is 320 g/mol. The lowest BCUT2D eigenvalue weighted by molar-refractivity contribution is -0.380. The number of rotatable bonds is 4. The Kier molecular flexibility index (Phi) is 4.30. The zero-order chi connectivity index (χ0) is 15.8. The summed E-state index contributed by atoms with van der Waals surface area (Å²) in [7, 11) is -3.91. The second-order valence-electron chi connectivity index (χ2n) is 4.79. The standard InChI is InChI=1S/C11H14N2O6S2/c1-7-8(11(14)15)3-2-6-12(7)21(18,19)10-5-4-9(20-10)13(16)17/h4-5,7-8H,2-3,6H2,1H3,(H,14,15)/t7-,8-/m1/s1. The van der Waals surface area contributed by atoms with E-state index >= 15 is 0 Å². The molecule has 1 fully saturated rings. The van der Waals surface area contributed by atoms with Crippen LogP contribution in [0, 0.1) is 16.0 Å². The Morgan fingerprint density at radius 2 is 2.19 bits per heavy atom. The summed E-state index contributed by atoms with van der Waals surface area (Å²) in [6, 6.07) is 1.65. The number of hydrogen-bond donors (Lipinski definition) is 1. The van der Waals surface area contributed by atoms with Crippen LogP contribution in [-0.4, -0.2) is 41.3 Å². The van der Waals surface area contributed by atoms with Crippen molar-refractivity contribution in [3.63, 3.8) is 0 Å². The van der Waals surface area contributed by atoms with E-state index in [9.17, 15) is 23.3 Å². The quantitative estimate of drug-likeness (QED) is 0.659. The fraction of sp³-hybridized carbons (Fsp3) is 0.545. The van der Waals surface area contributed by atoms with Gasteiger partial charge in [-0.1, -0.05) is 0 Å². The van der Waals surface area contributed by atoms with E-state index in [2.05, 4.69) is 0 Å². The van der Waals surface area contributed by atoms with Gasteiger partial charge in [0.2, 0.25) is 0 Å². The summed E-state index contributed by atoms with van der Waals surface area (Å²) < 4.78 is 26.0. The van der Waals surface area contributed by atoms with Crippen molar-refractivity contribution in [3.8, 4) is 0 Å². The van der Waals surface area contributed by atoms with Crippen LogP contribution < -0.4 is 0 Å². The third kappa shape index (κ3) is 2.92. The predicted molar refractivity (Wildman–Crippen MR) is 74.7 cm³/mol. The molecule has 116 valence electrons. The highest BCUT2D eigenvalue weighted by molar-refractivity contribution is 7.91. The highest BCUT2D eigenvalue weighted by Gasteiger charge is 2.40. The zero-order valence-electron chi connectivity index (χ0n) is 11.1. The van der Waals surface area contributed by atoms with Gasteiger partial charge in [-0.2, -0.15) is 4.31 Å². The number of nitrogens with zero attached hydrogens (tertiary/aromatic N) is 2. The first kappa shape index (κ1) is 15.9. The second-order valence-corrected chi connectivity index (χ2v) is 7.97. The van der Waals surface area contributed by atoms with Gasteiger partial charge in [-0.25, -0.2) is 8.42 Å². The van der Waals surface area contributed by atoms with Crippen LogP contribution in [0.2, 0.25) is 0 Å². The number of carbonyl (C=O) groups is 1. The maximum absolute atomic E-state index is 12.5. The monoisotopic (exact) mass is 334 g/mol. The van der Waals surface area contributed by atoms with E-state index in [-0.39, 0.29) is 15.8 Å². The molecule has 8 nitrogen and oxygen atoms in total. The van der Waals surface area contributed by atoms with Gasteiger partial charge in [0.1, 0.15) is 4.21 Å². The number of piperidine rings is 1. The maximum Gasteiger partial charge on any atom is 0.325 e. The molecule has 0 amide bonds. The Bertz CT molecular complexity index is 668. The van der Waals surface area contributed by atoms with Crippen molar-refractivity contribution in [2.75, 3.05) is 6.54 Å². The minimum absolute atomic E-state index is 0.132.